The minimum absolute atomic E-state index is 0.121. The minimum Gasteiger partial charge on any atom is -0.332 e. The van der Waals surface area contributed by atoms with Gasteiger partial charge in [-0.25, -0.2) is 9.97 Å². The van der Waals surface area contributed by atoms with Gasteiger partial charge in [-0.1, -0.05) is 13.8 Å². The van der Waals surface area contributed by atoms with Crippen LogP contribution in [-0.4, -0.2) is 14.5 Å². The molecular formula is C13H18N4S. The number of nitrogens with zero attached hydrogens (tertiary/aromatic N) is 3. The molecule has 1 aliphatic carbocycles. The number of nitrogens with two attached hydrogens (primary N) is 1. The van der Waals surface area contributed by atoms with Crippen molar-refractivity contribution in [3.8, 4) is 10.8 Å². The molecular weight excluding hydrogens is 244 g/mol. The molecule has 96 valence electrons. The summed E-state index contributed by atoms with van der Waals surface area (Å²) >= 11 is 1.70. The van der Waals surface area contributed by atoms with E-state index in [1.54, 1.807) is 17.5 Å². The number of rotatable bonds is 1. The van der Waals surface area contributed by atoms with Crippen LogP contribution in [0.15, 0.2) is 12.4 Å². The van der Waals surface area contributed by atoms with E-state index in [1.807, 2.05) is 17.8 Å². The molecule has 3 rings (SSSR count). The fraction of sp³-hybridized carbons (Fsp3) is 0.538. The molecule has 18 heavy (non-hydrogen) atoms. The van der Waals surface area contributed by atoms with E-state index < -0.39 is 0 Å². The summed E-state index contributed by atoms with van der Waals surface area (Å²) in [7, 11) is 1.99. The molecule has 0 aromatic carbocycles. The number of aromatic nitrogens is 3. The third-order valence-corrected chi connectivity index (χ3v) is 4.72. The van der Waals surface area contributed by atoms with Crippen molar-refractivity contribution >= 4 is 11.3 Å². The van der Waals surface area contributed by atoms with Crippen LogP contribution in [0.3, 0.4) is 0 Å². The second-order valence-electron chi connectivity index (χ2n) is 5.84. The highest BCUT2D eigenvalue weighted by atomic mass is 32.1. The molecule has 2 aromatic rings. The van der Waals surface area contributed by atoms with Crippen molar-refractivity contribution in [2.24, 2.45) is 18.2 Å². The second kappa shape index (κ2) is 3.90. The maximum absolute atomic E-state index is 6.27. The van der Waals surface area contributed by atoms with Gasteiger partial charge < -0.3 is 10.3 Å². The lowest BCUT2D eigenvalue weighted by molar-refractivity contribution is 0.282. The Morgan fingerprint density at radius 3 is 2.94 bits per heavy atom. The van der Waals surface area contributed by atoms with Crippen LogP contribution in [0.5, 0.6) is 0 Å². The molecule has 2 N–H and O–H groups in total. The monoisotopic (exact) mass is 262 g/mol. The Kier molecular flexibility index (Phi) is 2.57. The lowest BCUT2D eigenvalue weighted by Gasteiger charge is -2.32. The van der Waals surface area contributed by atoms with Crippen molar-refractivity contribution in [2.45, 2.75) is 32.7 Å². The van der Waals surface area contributed by atoms with Gasteiger partial charge in [-0.15, -0.1) is 11.3 Å². The van der Waals surface area contributed by atoms with Crippen molar-refractivity contribution in [2.75, 3.05) is 0 Å². The van der Waals surface area contributed by atoms with Gasteiger partial charge in [-0.05, 0) is 18.3 Å². The van der Waals surface area contributed by atoms with E-state index in [9.17, 15) is 0 Å². The van der Waals surface area contributed by atoms with Crippen molar-refractivity contribution in [1.29, 1.82) is 0 Å². The van der Waals surface area contributed by atoms with Crippen LogP contribution in [0.1, 0.15) is 36.9 Å². The molecule has 0 bridgehead atoms. The first-order chi connectivity index (χ1) is 8.46. The fourth-order valence-electron chi connectivity index (χ4n) is 2.66. The summed E-state index contributed by atoms with van der Waals surface area (Å²) in [5.41, 5.74) is 7.69. The summed E-state index contributed by atoms with van der Waals surface area (Å²) in [4.78, 5) is 10.4. The van der Waals surface area contributed by atoms with E-state index in [0.717, 1.165) is 23.7 Å². The number of fused-ring (bicyclic) bond motifs is 1. The maximum Gasteiger partial charge on any atom is 0.168 e. The largest absolute Gasteiger partial charge is 0.332 e. The lowest BCUT2D eigenvalue weighted by Crippen LogP contribution is -2.28. The summed E-state index contributed by atoms with van der Waals surface area (Å²) in [6.07, 6.45) is 5.79. The molecule has 0 saturated heterocycles. The van der Waals surface area contributed by atoms with Crippen LogP contribution in [0, 0.1) is 5.41 Å². The number of aryl methyl sites for hydroxylation is 1. The fourth-order valence-corrected chi connectivity index (χ4v) is 3.78. The topological polar surface area (TPSA) is 56.7 Å². The Hall–Kier alpha value is -1.20. The maximum atomic E-state index is 6.27. The van der Waals surface area contributed by atoms with Crippen LogP contribution >= 0.6 is 11.3 Å². The molecule has 2 heterocycles. The number of imidazole rings is 1. The summed E-state index contributed by atoms with van der Waals surface area (Å²) < 4.78 is 2.00. The van der Waals surface area contributed by atoms with Gasteiger partial charge in [0.05, 0.1) is 5.69 Å². The molecule has 4 nitrogen and oxygen atoms in total. The van der Waals surface area contributed by atoms with E-state index in [2.05, 4.69) is 18.8 Å². The molecule has 2 aromatic heterocycles. The predicted octanol–water partition coefficient (Wildman–Crippen LogP) is 2.52. The van der Waals surface area contributed by atoms with Gasteiger partial charge in [0, 0.05) is 30.4 Å². The highest BCUT2D eigenvalue weighted by Gasteiger charge is 2.33. The molecule has 0 fully saturated rings. The van der Waals surface area contributed by atoms with Crippen molar-refractivity contribution in [3.05, 3.63) is 23.0 Å². The summed E-state index contributed by atoms with van der Waals surface area (Å²) in [5.74, 6) is 0.930. The van der Waals surface area contributed by atoms with Crippen LogP contribution in [0.4, 0.5) is 0 Å². The predicted molar refractivity (Wildman–Crippen MR) is 73.3 cm³/mol. The van der Waals surface area contributed by atoms with Gasteiger partial charge in [0.15, 0.2) is 10.8 Å². The Morgan fingerprint density at radius 1 is 1.50 bits per heavy atom. The van der Waals surface area contributed by atoms with E-state index in [4.69, 9.17) is 10.7 Å². The van der Waals surface area contributed by atoms with Gasteiger partial charge in [-0.2, -0.15) is 0 Å². The molecule has 5 heteroatoms. The first-order valence-electron chi connectivity index (χ1n) is 6.19. The Balaban J connectivity index is 2.06. The molecule has 1 atom stereocenters. The second-order valence-corrected chi connectivity index (χ2v) is 6.87. The van der Waals surface area contributed by atoms with Gasteiger partial charge in [0.2, 0.25) is 0 Å². The number of hydrogen-bond donors (Lipinski definition) is 1. The van der Waals surface area contributed by atoms with Crippen molar-refractivity contribution in [3.63, 3.8) is 0 Å². The van der Waals surface area contributed by atoms with Gasteiger partial charge in [-0.3, -0.25) is 0 Å². The molecule has 1 unspecified atom stereocenters. The quantitative estimate of drug-likeness (QED) is 0.859. The lowest BCUT2D eigenvalue weighted by atomic mass is 9.77. The molecule has 0 saturated carbocycles. The summed E-state index contributed by atoms with van der Waals surface area (Å²) in [6, 6.07) is 0.121. The van der Waals surface area contributed by atoms with Gasteiger partial charge in [0.25, 0.3) is 0 Å². The molecule has 0 aliphatic heterocycles. The Labute approximate surface area is 111 Å². The zero-order valence-electron chi connectivity index (χ0n) is 11.0. The first-order valence-corrected chi connectivity index (χ1v) is 7.01. The highest BCUT2D eigenvalue weighted by molar-refractivity contribution is 7.15. The van der Waals surface area contributed by atoms with E-state index in [0.29, 0.717) is 0 Å². The average molecular weight is 262 g/mol. The van der Waals surface area contributed by atoms with Crippen molar-refractivity contribution in [1.82, 2.24) is 14.5 Å². The third-order valence-electron chi connectivity index (χ3n) is 3.50. The van der Waals surface area contributed by atoms with Crippen LogP contribution in [0.25, 0.3) is 10.8 Å². The molecule has 0 amide bonds. The standard InChI is InChI=1S/C13H18N4S/c1-13(2)6-8(14)10-9(7-13)16-12(18-10)11-15-4-5-17(11)3/h4-5,8H,6-7,14H2,1-3H3. The molecule has 1 aliphatic rings. The molecule has 0 spiro atoms. The first kappa shape index (κ1) is 11.9. The van der Waals surface area contributed by atoms with E-state index in [1.165, 1.54) is 10.6 Å². The van der Waals surface area contributed by atoms with Crippen molar-refractivity contribution < 1.29 is 0 Å². The van der Waals surface area contributed by atoms with Crippen LogP contribution in [-0.2, 0) is 13.5 Å². The minimum atomic E-state index is 0.121. The SMILES string of the molecule is Cn1ccnc1-c1nc2c(s1)C(N)CC(C)(C)C2. The van der Waals surface area contributed by atoms with Gasteiger partial charge in [0.1, 0.15) is 0 Å². The Bertz CT molecular complexity index is 582. The number of thiazole rings is 1. The molecule has 0 radical (unpaired) electrons. The summed E-state index contributed by atoms with van der Waals surface area (Å²) in [6.45, 7) is 4.52. The Morgan fingerprint density at radius 2 is 2.28 bits per heavy atom. The normalized spacial score (nSPS) is 21.9. The average Bonchev–Trinajstić information content (AvgIpc) is 2.82. The number of hydrogen-bond acceptors (Lipinski definition) is 4. The van der Waals surface area contributed by atoms with Crippen LogP contribution in [0.2, 0.25) is 0 Å². The van der Waals surface area contributed by atoms with Crippen LogP contribution < -0.4 is 5.73 Å². The van der Waals surface area contributed by atoms with Gasteiger partial charge >= 0.3 is 0 Å². The van der Waals surface area contributed by atoms with E-state index in [-0.39, 0.29) is 11.5 Å². The van der Waals surface area contributed by atoms with E-state index >= 15 is 0 Å². The smallest absolute Gasteiger partial charge is 0.168 e. The third kappa shape index (κ3) is 1.87. The zero-order chi connectivity index (χ0) is 12.9. The zero-order valence-corrected chi connectivity index (χ0v) is 11.8. The summed E-state index contributed by atoms with van der Waals surface area (Å²) in [5, 5.41) is 0.987. The highest BCUT2D eigenvalue weighted by Crippen LogP contribution is 2.43.